The molecule has 0 spiro atoms. The number of likely N-dealkylation sites (tertiary alicyclic amines) is 1. The van der Waals surface area contributed by atoms with Crippen LogP contribution in [0.15, 0.2) is 17.6 Å². The van der Waals surface area contributed by atoms with E-state index < -0.39 is 0 Å². The summed E-state index contributed by atoms with van der Waals surface area (Å²) < 4.78 is 0. The zero-order valence-corrected chi connectivity index (χ0v) is 14.2. The summed E-state index contributed by atoms with van der Waals surface area (Å²) in [4.78, 5) is 22.0. The van der Waals surface area contributed by atoms with Crippen LogP contribution in [0.4, 0.5) is 5.13 Å². The number of carbonyl (C=O) groups excluding carboxylic acids is 1. The predicted molar refractivity (Wildman–Crippen MR) is 93.5 cm³/mol. The number of thiazole rings is 1. The highest BCUT2D eigenvalue weighted by Crippen LogP contribution is 2.23. The number of hydrogen-bond acceptors (Lipinski definition) is 5. The first-order valence-corrected chi connectivity index (χ1v) is 8.93. The number of nitrogen functional groups attached to an aromatic ring is 1. The van der Waals surface area contributed by atoms with Gasteiger partial charge in [0, 0.05) is 29.7 Å². The monoisotopic (exact) mass is 333 g/mol. The van der Waals surface area contributed by atoms with E-state index in [2.05, 4.69) is 27.1 Å². The van der Waals surface area contributed by atoms with E-state index in [1.54, 1.807) is 6.20 Å². The van der Waals surface area contributed by atoms with E-state index in [0.717, 1.165) is 30.9 Å². The molecule has 124 valence electrons. The summed E-state index contributed by atoms with van der Waals surface area (Å²) in [6.45, 7) is 5.23. The number of nitrogens with one attached hydrogen (secondary N) is 2. The van der Waals surface area contributed by atoms with Gasteiger partial charge >= 0.3 is 0 Å². The number of carbonyl (C=O) groups is 1. The number of rotatable bonds is 5. The van der Waals surface area contributed by atoms with Gasteiger partial charge in [0.05, 0.1) is 5.69 Å². The lowest BCUT2D eigenvalue weighted by atomic mass is 10.1. The van der Waals surface area contributed by atoms with Crippen LogP contribution in [0.1, 0.15) is 36.7 Å². The van der Waals surface area contributed by atoms with Crippen LogP contribution in [-0.4, -0.2) is 46.5 Å². The Kier molecular flexibility index (Phi) is 4.97. The molecule has 0 bridgehead atoms. The molecule has 0 saturated carbocycles. The van der Waals surface area contributed by atoms with Gasteiger partial charge in [-0.15, -0.1) is 11.3 Å². The maximum Gasteiger partial charge on any atom is 0.267 e. The smallest absolute Gasteiger partial charge is 0.267 e. The summed E-state index contributed by atoms with van der Waals surface area (Å²) >= 11 is 1.39. The molecule has 0 aromatic carbocycles. The lowest BCUT2D eigenvalue weighted by Crippen LogP contribution is -2.43. The predicted octanol–water partition coefficient (Wildman–Crippen LogP) is 2.32. The van der Waals surface area contributed by atoms with E-state index in [1.165, 1.54) is 30.6 Å². The Morgan fingerprint density at radius 2 is 2.26 bits per heavy atom. The van der Waals surface area contributed by atoms with Crippen molar-refractivity contribution in [3.8, 4) is 11.3 Å². The van der Waals surface area contributed by atoms with Crippen molar-refractivity contribution in [3.05, 3.63) is 23.3 Å². The van der Waals surface area contributed by atoms with Crippen molar-refractivity contribution in [2.24, 2.45) is 0 Å². The summed E-state index contributed by atoms with van der Waals surface area (Å²) in [5, 5.41) is 5.48. The number of hydrogen-bond donors (Lipinski definition) is 3. The van der Waals surface area contributed by atoms with Gasteiger partial charge in [0.25, 0.3) is 5.91 Å². The first-order chi connectivity index (χ1) is 11.1. The highest BCUT2D eigenvalue weighted by Gasteiger charge is 2.17. The van der Waals surface area contributed by atoms with Crippen LogP contribution in [0.2, 0.25) is 0 Å². The van der Waals surface area contributed by atoms with Gasteiger partial charge in [-0.2, -0.15) is 0 Å². The first-order valence-electron chi connectivity index (χ1n) is 8.05. The molecule has 0 unspecified atom stereocenters. The van der Waals surface area contributed by atoms with Gasteiger partial charge in [0.2, 0.25) is 0 Å². The zero-order valence-electron chi connectivity index (χ0n) is 13.3. The topological polar surface area (TPSA) is 87.0 Å². The van der Waals surface area contributed by atoms with Crippen LogP contribution in [0, 0.1) is 0 Å². The molecule has 1 amide bonds. The van der Waals surface area contributed by atoms with Gasteiger partial charge < -0.3 is 20.9 Å². The molecular weight excluding hydrogens is 310 g/mol. The van der Waals surface area contributed by atoms with Crippen molar-refractivity contribution in [1.29, 1.82) is 0 Å². The molecule has 23 heavy (non-hydrogen) atoms. The molecule has 2 aromatic rings. The molecule has 6 nitrogen and oxygen atoms in total. The number of amides is 1. The molecule has 3 rings (SSSR count). The standard InChI is InChI=1S/C16H23N5OS/c1-11(9-21-5-3-2-4-6-21)19-15(22)13-7-12(8-18-13)14-10-23-16(17)20-14/h7-8,10-11,18H,2-6,9H2,1H3,(H2,17,20)(H,19,22)/t11-/m1/s1. The fourth-order valence-electron chi connectivity index (χ4n) is 2.97. The molecule has 3 heterocycles. The second-order valence-electron chi connectivity index (χ2n) is 6.11. The van der Waals surface area contributed by atoms with E-state index in [1.807, 2.05) is 11.4 Å². The minimum Gasteiger partial charge on any atom is -0.375 e. The molecule has 1 aliphatic rings. The van der Waals surface area contributed by atoms with E-state index >= 15 is 0 Å². The van der Waals surface area contributed by atoms with Crippen molar-refractivity contribution in [3.63, 3.8) is 0 Å². The van der Waals surface area contributed by atoms with Crippen molar-refractivity contribution < 1.29 is 4.79 Å². The molecule has 4 N–H and O–H groups in total. The van der Waals surface area contributed by atoms with Crippen LogP contribution in [0.25, 0.3) is 11.3 Å². The van der Waals surface area contributed by atoms with Crippen molar-refractivity contribution in [2.75, 3.05) is 25.4 Å². The molecule has 1 fully saturated rings. The Labute approximate surface area is 140 Å². The van der Waals surface area contributed by atoms with Crippen molar-refractivity contribution >= 4 is 22.4 Å². The number of aromatic nitrogens is 2. The van der Waals surface area contributed by atoms with Gasteiger partial charge in [-0.05, 0) is 38.9 Å². The number of H-pyrrole nitrogens is 1. The molecule has 1 saturated heterocycles. The van der Waals surface area contributed by atoms with Gasteiger partial charge in [-0.3, -0.25) is 4.79 Å². The fraction of sp³-hybridized carbons (Fsp3) is 0.500. The minimum atomic E-state index is -0.0797. The van der Waals surface area contributed by atoms with Crippen LogP contribution in [0.5, 0.6) is 0 Å². The highest BCUT2D eigenvalue weighted by molar-refractivity contribution is 7.13. The van der Waals surface area contributed by atoms with E-state index in [-0.39, 0.29) is 11.9 Å². The van der Waals surface area contributed by atoms with E-state index in [0.29, 0.717) is 10.8 Å². The summed E-state index contributed by atoms with van der Waals surface area (Å²) in [5.41, 5.74) is 7.88. The van der Waals surface area contributed by atoms with Gasteiger partial charge in [-0.25, -0.2) is 4.98 Å². The maximum atomic E-state index is 12.3. The number of nitrogens with two attached hydrogens (primary N) is 1. The van der Waals surface area contributed by atoms with E-state index in [9.17, 15) is 4.79 Å². The van der Waals surface area contributed by atoms with Crippen LogP contribution < -0.4 is 11.1 Å². The first kappa shape index (κ1) is 16.0. The Bertz CT molecular complexity index is 659. The Morgan fingerprint density at radius 3 is 2.96 bits per heavy atom. The van der Waals surface area contributed by atoms with Crippen LogP contribution in [-0.2, 0) is 0 Å². The lowest BCUT2D eigenvalue weighted by molar-refractivity contribution is 0.0921. The SMILES string of the molecule is C[C@H](CN1CCCCC1)NC(=O)c1cc(-c2csc(N)n2)c[nH]1. The number of nitrogens with zero attached hydrogens (tertiary/aromatic N) is 2. The molecule has 0 radical (unpaired) electrons. The van der Waals surface area contributed by atoms with E-state index in [4.69, 9.17) is 5.73 Å². The third kappa shape index (κ3) is 4.11. The minimum absolute atomic E-state index is 0.0797. The zero-order chi connectivity index (χ0) is 16.2. The number of anilines is 1. The van der Waals surface area contributed by atoms with Gasteiger partial charge in [-0.1, -0.05) is 6.42 Å². The summed E-state index contributed by atoms with van der Waals surface area (Å²) in [6.07, 6.45) is 5.64. The Hall–Kier alpha value is -1.86. The largest absolute Gasteiger partial charge is 0.375 e. The molecule has 1 atom stereocenters. The third-order valence-corrected chi connectivity index (χ3v) is 4.78. The summed E-state index contributed by atoms with van der Waals surface area (Å²) in [6, 6.07) is 1.94. The highest BCUT2D eigenvalue weighted by atomic mass is 32.1. The lowest BCUT2D eigenvalue weighted by Gasteiger charge is -2.29. The molecule has 2 aromatic heterocycles. The normalized spacial score (nSPS) is 17.1. The van der Waals surface area contributed by atoms with Crippen LogP contribution >= 0.6 is 11.3 Å². The second kappa shape index (κ2) is 7.14. The second-order valence-corrected chi connectivity index (χ2v) is 7.00. The average Bonchev–Trinajstić information content (AvgIpc) is 3.16. The van der Waals surface area contributed by atoms with Crippen molar-refractivity contribution in [1.82, 2.24) is 20.2 Å². The summed E-state index contributed by atoms with van der Waals surface area (Å²) in [5.74, 6) is -0.0797. The van der Waals surface area contributed by atoms with Gasteiger partial charge in [0.15, 0.2) is 5.13 Å². The third-order valence-electron chi connectivity index (χ3n) is 4.10. The number of piperidine rings is 1. The maximum absolute atomic E-state index is 12.3. The molecular formula is C16H23N5OS. The fourth-order valence-corrected chi connectivity index (χ4v) is 3.54. The van der Waals surface area contributed by atoms with Crippen molar-refractivity contribution in [2.45, 2.75) is 32.2 Å². The van der Waals surface area contributed by atoms with Gasteiger partial charge in [0.1, 0.15) is 5.69 Å². The Balaban J connectivity index is 1.56. The quantitative estimate of drug-likeness (QED) is 0.784. The Morgan fingerprint density at radius 1 is 1.48 bits per heavy atom. The molecule has 1 aliphatic heterocycles. The number of aromatic amines is 1. The summed E-state index contributed by atoms with van der Waals surface area (Å²) in [7, 11) is 0. The average molecular weight is 333 g/mol. The van der Waals surface area contributed by atoms with Crippen LogP contribution in [0.3, 0.4) is 0 Å². The molecule has 0 aliphatic carbocycles. The molecule has 7 heteroatoms.